The van der Waals surface area contributed by atoms with Gasteiger partial charge in [-0.25, -0.2) is 4.79 Å². The number of amides is 2. The zero-order valence-corrected chi connectivity index (χ0v) is 9.92. The van der Waals surface area contributed by atoms with Gasteiger partial charge >= 0.3 is 6.03 Å². The van der Waals surface area contributed by atoms with Crippen molar-refractivity contribution in [3.8, 4) is 0 Å². The highest BCUT2D eigenvalue weighted by Crippen LogP contribution is 2.30. The van der Waals surface area contributed by atoms with Crippen molar-refractivity contribution in [1.82, 2.24) is 5.32 Å². The summed E-state index contributed by atoms with van der Waals surface area (Å²) in [4.78, 5) is 13.2. The molecule has 0 bridgehead atoms. The molecule has 1 atom stereocenters. The van der Waals surface area contributed by atoms with Gasteiger partial charge in [-0.1, -0.05) is 23.2 Å². The van der Waals surface area contributed by atoms with E-state index < -0.39 is 0 Å². The van der Waals surface area contributed by atoms with E-state index in [0.29, 0.717) is 28.8 Å². The Bertz CT molecular complexity index is 425. The van der Waals surface area contributed by atoms with E-state index in [0.717, 1.165) is 0 Å². The Balaban J connectivity index is 2.30. The van der Waals surface area contributed by atoms with Crippen LogP contribution in [-0.4, -0.2) is 25.2 Å². The molecule has 1 fully saturated rings. The van der Waals surface area contributed by atoms with Crippen LogP contribution in [-0.2, 0) is 0 Å². The Morgan fingerprint density at radius 2 is 2.25 bits per heavy atom. The number of hydrogen-bond donors (Lipinski definition) is 2. The van der Waals surface area contributed by atoms with Gasteiger partial charge in [-0.05, 0) is 18.2 Å². The van der Waals surface area contributed by atoms with Crippen molar-refractivity contribution in [3.63, 3.8) is 0 Å². The lowest BCUT2D eigenvalue weighted by atomic mass is 10.2. The largest absolute Gasteiger partial charge is 0.332 e. The Hall–Kier alpha value is -0.970. The van der Waals surface area contributed by atoms with E-state index >= 15 is 0 Å². The predicted octanol–water partition coefficient (Wildman–Crippen LogP) is 1.85. The molecule has 1 aromatic carbocycles. The van der Waals surface area contributed by atoms with Crippen LogP contribution in [0.3, 0.4) is 0 Å². The molecule has 1 unspecified atom stereocenters. The Morgan fingerprint density at radius 1 is 1.50 bits per heavy atom. The van der Waals surface area contributed by atoms with Gasteiger partial charge in [0.1, 0.15) is 0 Å². The minimum Gasteiger partial charge on any atom is -0.332 e. The van der Waals surface area contributed by atoms with Crippen molar-refractivity contribution in [2.75, 3.05) is 18.0 Å². The molecule has 0 radical (unpaired) electrons. The normalized spacial score (nSPS) is 20.1. The number of anilines is 1. The zero-order chi connectivity index (χ0) is 11.7. The van der Waals surface area contributed by atoms with Crippen molar-refractivity contribution >= 4 is 34.9 Å². The first kappa shape index (κ1) is 11.5. The molecule has 0 spiro atoms. The summed E-state index contributed by atoms with van der Waals surface area (Å²) in [5.41, 5.74) is 6.12. The van der Waals surface area contributed by atoms with Gasteiger partial charge in [0.25, 0.3) is 0 Å². The highest BCUT2D eigenvalue weighted by Gasteiger charge is 2.29. The first-order valence-electron chi connectivity index (χ1n) is 4.85. The van der Waals surface area contributed by atoms with Crippen molar-refractivity contribution in [1.29, 1.82) is 0 Å². The van der Waals surface area contributed by atoms with Crippen molar-refractivity contribution < 1.29 is 4.79 Å². The summed E-state index contributed by atoms with van der Waals surface area (Å²) in [7, 11) is 0. The molecule has 6 heteroatoms. The lowest BCUT2D eigenvalue weighted by Crippen LogP contribution is -2.33. The van der Waals surface area contributed by atoms with E-state index in [4.69, 9.17) is 28.9 Å². The van der Waals surface area contributed by atoms with Gasteiger partial charge in [-0.2, -0.15) is 0 Å². The number of carbonyl (C=O) groups excluding carboxylic acids is 1. The summed E-state index contributed by atoms with van der Waals surface area (Å²) in [5.74, 6) is 0. The molecule has 16 heavy (non-hydrogen) atoms. The predicted molar refractivity (Wildman–Crippen MR) is 65.2 cm³/mol. The third-order valence-electron chi connectivity index (χ3n) is 2.46. The van der Waals surface area contributed by atoms with Crippen molar-refractivity contribution in [2.45, 2.75) is 6.04 Å². The van der Waals surface area contributed by atoms with E-state index in [-0.39, 0.29) is 12.1 Å². The van der Waals surface area contributed by atoms with E-state index in [2.05, 4.69) is 5.32 Å². The van der Waals surface area contributed by atoms with Crippen LogP contribution in [0.1, 0.15) is 0 Å². The molecule has 2 rings (SSSR count). The number of carbonyl (C=O) groups is 1. The lowest BCUT2D eigenvalue weighted by molar-refractivity contribution is 0.251. The van der Waals surface area contributed by atoms with E-state index in [1.165, 1.54) is 0 Å². The summed E-state index contributed by atoms with van der Waals surface area (Å²) >= 11 is 11.9. The number of rotatable bonds is 2. The molecule has 1 saturated heterocycles. The quantitative estimate of drug-likeness (QED) is 0.852. The van der Waals surface area contributed by atoms with Crippen LogP contribution in [0.15, 0.2) is 18.2 Å². The van der Waals surface area contributed by atoms with Gasteiger partial charge in [0.05, 0.1) is 16.8 Å². The second-order valence-electron chi connectivity index (χ2n) is 3.59. The number of nitrogens with two attached hydrogens (primary N) is 1. The minimum absolute atomic E-state index is 0.0393. The maximum atomic E-state index is 11.7. The van der Waals surface area contributed by atoms with Crippen LogP contribution < -0.4 is 16.0 Å². The first-order valence-corrected chi connectivity index (χ1v) is 5.60. The van der Waals surface area contributed by atoms with Crippen LogP contribution in [0.4, 0.5) is 10.5 Å². The molecular weight excluding hydrogens is 249 g/mol. The summed E-state index contributed by atoms with van der Waals surface area (Å²) in [6.45, 7) is 0.913. The van der Waals surface area contributed by atoms with E-state index in [1.807, 2.05) is 0 Å². The Labute approximate surface area is 103 Å². The van der Waals surface area contributed by atoms with Gasteiger partial charge in [-0.3, -0.25) is 4.90 Å². The fraction of sp³-hybridized carbons (Fsp3) is 0.300. The molecule has 3 N–H and O–H groups in total. The lowest BCUT2D eigenvalue weighted by Gasteiger charge is -2.16. The summed E-state index contributed by atoms with van der Waals surface area (Å²) in [6, 6.07) is 4.79. The molecule has 0 aromatic heterocycles. The molecule has 1 heterocycles. The van der Waals surface area contributed by atoms with Gasteiger partial charge in [-0.15, -0.1) is 0 Å². The van der Waals surface area contributed by atoms with Crippen LogP contribution in [0.25, 0.3) is 0 Å². The Kier molecular flexibility index (Phi) is 3.23. The van der Waals surface area contributed by atoms with Gasteiger partial charge < -0.3 is 11.1 Å². The highest BCUT2D eigenvalue weighted by atomic mass is 35.5. The molecular formula is C10H11Cl2N3O. The van der Waals surface area contributed by atoms with Gasteiger partial charge in [0.2, 0.25) is 0 Å². The maximum Gasteiger partial charge on any atom is 0.322 e. The van der Waals surface area contributed by atoms with E-state index in [1.54, 1.807) is 23.1 Å². The Morgan fingerprint density at radius 3 is 2.88 bits per heavy atom. The number of nitrogens with zero attached hydrogens (tertiary/aromatic N) is 1. The fourth-order valence-corrected chi connectivity index (χ4v) is 2.02. The molecule has 1 aliphatic heterocycles. The summed E-state index contributed by atoms with van der Waals surface area (Å²) < 4.78 is 0. The summed E-state index contributed by atoms with van der Waals surface area (Å²) in [6.07, 6.45) is 0. The molecule has 2 amide bonds. The smallest absolute Gasteiger partial charge is 0.322 e. The number of hydrogen-bond acceptors (Lipinski definition) is 2. The van der Waals surface area contributed by atoms with Gasteiger partial charge in [0, 0.05) is 18.1 Å². The zero-order valence-electron chi connectivity index (χ0n) is 8.41. The summed E-state index contributed by atoms with van der Waals surface area (Å²) in [5, 5.41) is 3.80. The molecule has 1 aromatic rings. The van der Waals surface area contributed by atoms with Gasteiger partial charge in [0.15, 0.2) is 0 Å². The number of halogens is 2. The second kappa shape index (κ2) is 4.49. The number of urea groups is 1. The number of benzene rings is 1. The monoisotopic (exact) mass is 259 g/mol. The standard InChI is InChI=1S/C10H11Cl2N3O/c11-6-1-2-8(12)9(3-6)15-5-7(4-13)14-10(15)16/h1-3,7H,4-5,13H2,(H,14,16). The average Bonchev–Trinajstić information content (AvgIpc) is 2.63. The van der Waals surface area contributed by atoms with Crippen molar-refractivity contribution in [3.05, 3.63) is 28.2 Å². The topological polar surface area (TPSA) is 58.4 Å². The molecule has 4 nitrogen and oxygen atoms in total. The van der Waals surface area contributed by atoms with Crippen LogP contribution >= 0.6 is 23.2 Å². The van der Waals surface area contributed by atoms with Crippen LogP contribution in [0.5, 0.6) is 0 Å². The maximum absolute atomic E-state index is 11.7. The third kappa shape index (κ3) is 2.09. The fourth-order valence-electron chi connectivity index (χ4n) is 1.64. The molecule has 0 aliphatic carbocycles. The number of nitrogens with one attached hydrogen (secondary N) is 1. The van der Waals surface area contributed by atoms with Crippen LogP contribution in [0.2, 0.25) is 10.0 Å². The molecule has 1 aliphatic rings. The highest BCUT2D eigenvalue weighted by molar-refractivity contribution is 6.35. The minimum atomic E-state index is -0.195. The SMILES string of the molecule is NCC1CN(c2cc(Cl)ccc2Cl)C(=O)N1. The average molecular weight is 260 g/mol. The third-order valence-corrected chi connectivity index (χ3v) is 3.01. The first-order chi connectivity index (χ1) is 7.61. The molecule has 86 valence electrons. The second-order valence-corrected chi connectivity index (χ2v) is 4.43. The molecule has 0 saturated carbocycles. The van der Waals surface area contributed by atoms with Crippen LogP contribution in [0, 0.1) is 0 Å². The van der Waals surface area contributed by atoms with E-state index in [9.17, 15) is 4.79 Å². The van der Waals surface area contributed by atoms with Crippen molar-refractivity contribution in [2.24, 2.45) is 5.73 Å².